The van der Waals surface area contributed by atoms with Gasteiger partial charge in [-0.1, -0.05) is 30.3 Å². The van der Waals surface area contributed by atoms with Gasteiger partial charge in [-0.15, -0.1) is 11.3 Å². The van der Waals surface area contributed by atoms with Crippen molar-refractivity contribution in [2.75, 3.05) is 13.6 Å². The molecule has 6 heteroatoms. The van der Waals surface area contributed by atoms with E-state index in [-0.39, 0.29) is 11.8 Å². The Morgan fingerprint density at radius 2 is 2.08 bits per heavy atom. The van der Waals surface area contributed by atoms with E-state index in [0.717, 1.165) is 22.0 Å². The Bertz CT molecular complexity index is 826. The first-order chi connectivity index (χ1) is 11.6. The second-order valence-electron chi connectivity index (χ2n) is 5.82. The third-order valence-corrected chi connectivity index (χ3v) is 4.96. The highest BCUT2D eigenvalue weighted by Gasteiger charge is 2.19. The number of thiazole rings is 1. The molecule has 3 rings (SSSR count). The second kappa shape index (κ2) is 6.97. The minimum absolute atomic E-state index is 0.0223. The summed E-state index contributed by atoms with van der Waals surface area (Å²) in [5.74, 6) is 0.937. The van der Waals surface area contributed by atoms with Crippen LogP contribution in [0.25, 0.3) is 11.3 Å². The Morgan fingerprint density at radius 3 is 2.75 bits per heavy atom. The quantitative estimate of drug-likeness (QED) is 0.704. The number of likely N-dealkylation sites (N-methyl/N-ethyl adjacent to an activating group) is 1. The zero-order chi connectivity index (χ0) is 17.1. The van der Waals surface area contributed by atoms with Gasteiger partial charge >= 0.3 is 0 Å². The lowest BCUT2D eigenvalue weighted by Gasteiger charge is -2.20. The maximum absolute atomic E-state index is 12.4. The highest BCUT2D eigenvalue weighted by atomic mass is 32.1. The van der Waals surface area contributed by atoms with Crippen LogP contribution in [0, 0.1) is 6.92 Å². The van der Waals surface area contributed by atoms with Crippen LogP contribution in [0.3, 0.4) is 0 Å². The van der Waals surface area contributed by atoms with Crippen molar-refractivity contribution < 1.29 is 9.32 Å². The number of aromatic nitrogens is 2. The van der Waals surface area contributed by atoms with Gasteiger partial charge < -0.3 is 9.42 Å². The Balaban J connectivity index is 1.69. The minimum atomic E-state index is 0.0223. The zero-order valence-electron chi connectivity index (χ0n) is 13.9. The van der Waals surface area contributed by atoms with E-state index in [2.05, 4.69) is 17.1 Å². The summed E-state index contributed by atoms with van der Waals surface area (Å²) in [5.41, 5.74) is 2.49. The molecule has 24 heavy (non-hydrogen) atoms. The van der Waals surface area contributed by atoms with Gasteiger partial charge in [-0.05, 0) is 19.1 Å². The summed E-state index contributed by atoms with van der Waals surface area (Å²) in [6, 6.07) is 9.32. The number of aryl methyl sites for hydroxylation is 1. The molecule has 2 aromatic heterocycles. The largest absolute Gasteiger partial charge is 0.361 e. The highest BCUT2D eigenvalue weighted by Crippen LogP contribution is 2.28. The Labute approximate surface area is 144 Å². The van der Waals surface area contributed by atoms with E-state index in [9.17, 15) is 4.79 Å². The third kappa shape index (κ3) is 3.38. The van der Waals surface area contributed by atoms with Crippen LogP contribution in [0.4, 0.5) is 0 Å². The summed E-state index contributed by atoms with van der Waals surface area (Å²) in [6.07, 6.45) is 1.68. The van der Waals surface area contributed by atoms with E-state index >= 15 is 0 Å². The molecular formula is C18H19N3O2S. The number of hydrogen-bond acceptors (Lipinski definition) is 5. The van der Waals surface area contributed by atoms with Crippen LogP contribution in [0.15, 0.2) is 46.4 Å². The molecule has 1 aromatic carbocycles. The summed E-state index contributed by atoms with van der Waals surface area (Å²) >= 11 is 1.60. The van der Waals surface area contributed by atoms with Gasteiger partial charge in [0.05, 0.1) is 22.5 Å². The van der Waals surface area contributed by atoms with Crippen molar-refractivity contribution >= 4 is 17.2 Å². The van der Waals surface area contributed by atoms with Crippen molar-refractivity contribution in [3.8, 4) is 11.3 Å². The van der Waals surface area contributed by atoms with Crippen molar-refractivity contribution in [2.45, 2.75) is 19.8 Å². The predicted molar refractivity (Wildman–Crippen MR) is 94.2 cm³/mol. The smallest absolute Gasteiger partial charge is 0.253 e. The maximum Gasteiger partial charge on any atom is 0.253 e. The van der Waals surface area contributed by atoms with Crippen LogP contribution < -0.4 is 0 Å². The molecule has 0 saturated carbocycles. The van der Waals surface area contributed by atoms with Crippen molar-refractivity contribution in [1.29, 1.82) is 0 Å². The molecule has 0 aliphatic rings. The first-order valence-corrected chi connectivity index (χ1v) is 8.62. The van der Waals surface area contributed by atoms with Gasteiger partial charge in [-0.2, -0.15) is 0 Å². The van der Waals surface area contributed by atoms with Crippen LogP contribution in [-0.2, 0) is 0 Å². The number of nitrogens with zero attached hydrogens (tertiary/aromatic N) is 3. The van der Waals surface area contributed by atoms with E-state index < -0.39 is 0 Å². The predicted octanol–water partition coefficient (Wildman–Crippen LogP) is 3.98. The topological polar surface area (TPSA) is 59.2 Å². The molecule has 2 heterocycles. The first kappa shape index (κ1) is 16.4. The van der Waals surface area contributed by atoms with E-state index in [4.69, 9.17) is 4.52 Å². The number of amides is 1. The zero-order valence-corrected chi connectivity index (χ0v) is 14.7. The molecule has 0 aliphatic carbocycles. The van der Waals surface area contributed by atoms with Gasteiger partial charge in [0, 0.05) is 30.5 Å². The molecule has 0 bridgehead atoms. The van der Waals surface area contributed by atoms with Crippen molar-refractivity contribution in [2.24, 2.45) is 0 Å². The van der Waals surface area contributed by atoms with Crippen LogP contribution in [-0.4, -0.2) is 34.5 Å². The average molecular weight is 341 g/mol. The molecule has 1 amide bonds. The second-order valence-corrected chi connectivity index (χ2v) is 6.71. The Hall–Kier alpha value is -2.47. The molecule has 0 saturated heterocycles. The van der Waals surface area contributed by atoms with Crippen LogP contribution in [0.2, 0.25) is 0 Å². The number of carbonyl (C=O) groups is 1. The fourth-order valence-electron chi connectivity index (χ4n) is 2.56. The van der Waals surface area contributed by atoms with E-state index in [1.807, 2.05) is 49.7 Å². The monoisotopic (exact) mass is 341 g/mol. The molecule has 0 aliphatic heterocycles. The average Bonchev–Trinajstić information content (AvgIpc) is 3.23. The fourth-order valence-corrected chi connectivity index (χ4v) is 3.43. The third-order valence-electron chi connectivity index (χ3n) is 3.89. The maximum atomic E-state index is 12.4. The van der Waals surface area contributed by atoms with E-state index in [0.29, 0.717) is 12.1 Å². The van der Waals surface area contributed by atoms with Crippen LogP contribution in [0.5, 0.6) is 0 Å². The summed E-state index contributed by atoms with van der Waals surface area (Å²) in [5, 5.41) is 6.80. The standard InChI is InChI=1S/C18H19N3O2S/c1-12(10-21(3)18(22)14-7-5-4-6-8-14)17-20-16(11-24-17)15-9-19-23-13(15)2/h4-9,11-12H,10H2,1-3H3. The summed E-state index contributed by atoms with van der Waals surface area (Å²) in [7, 11) is 1.82. The number of hydrogen-bond donors (Lipinski definition) is 0. The number of benzene rings is 1. The van der Waals surface area contributed by atoms with E-state index in [1.54, 1.807) is 22.4 Å². The van der Waals surface area contributed by atoms with Crippen LogP contribution >= 0.6 is 11.3 Å². The molecule has 5 nitrogen and oxygen atoms in total. The molecule has 0 spiro atoms. The SMILES string of the molecule is Cc1oncc1-c1csc(C(C)CN(C)C(=O)c2ccccc2)n1. The molecule has 0 radical (unpaired) electrons. The molecule has 0 N–H and O–H groups in total. The molecule has 1 atom stereocenters. The molecule has 124 valence electrons. The minimum Gasteiger partial charge on any atom is -0.361 e. The van der Waals surface area contributed by atoms with Gasteiger partial charge in [0.15, 0.2) is 0 Å². The molecular weight excluding hydrogens is 322 g/mol. The van der Waals surface area contributed by atoms with Gasteiger partial charge in [0.25, 0.3) is 5.91 Å². The Morgan fingerprint density at radius 1 is 1.33 bits per heavy atom. The van der Waals surface area contributed by atoms with Crippen LogP contribution in [0.1, 0.15) is 34.0 Å². The summed E-state index contributed by atoms with van der Waals surface area (Å²) in [4.78, 5) is 18.9. The van der Waals surface area contributed by atoms with Gasteiger partial charge in [0.2, 0.25) is 0 Å². The fraction of sp³-hybridized carbons (Fsp3) is 0.278. The van der Waals surface area contributed by atoms with Gasteiger partial charge in [-0.3, -0.25) is 4.79 Å². The van der Waals surface area contributed by atoms with E-state index in [1.165, 1.54) is 0 Å². The number of rotatable bonds is 5. The number of carbonyl (C=O) groups excluding carboxylic acids is 1. The van der Waals surface area contributed by atoms with Crippen molar-refractivity contribution in [1.82, 2.24) is 15.0 Å². The molecule has 0 fully saturated rings. The lowest BCUT2D eigenvalue weighted by Crippen LogP contribution is -2.30. The normalized spacial score (nSPS) is 12.1. The highest BCUT2D eigenvalue weighted by molar-refractivity contribution is 7.10. The van der Waals surface area contributed by atoms with Crippen molar-refractivity contribution in [3.05, 3.63) is 58.2 Å². The molecule has 3 aromatic rings. The Kier molecular flexibility index (Phi) is 4.76. The summed E-state index contributed by atoms with van der Waals surface area (Å²) < 4.78 is 5.10. The van der Waals surface area contributed by atoms with Gasteiger partial charge in [0.1, 0.15) is 5.76 Å². The lowest BCUT2D eigenvalue weighted by atomic mass is 10.1. The van der Waals surface area contributed by atoms with Crippen molar-refractivity contribution in [3.63, 3.8) is 0 Å². The molecule has 1 unspecified atom stereocenters. The lowest BCUT2D eigenvalue weighted by molar-refractivity contribution is 0.0788. The summed E-state index contributed by atoms with van der Waals surface area (Å²) in [6.45, 7) is 4.57. The van der Waals surface area contributed by atoms with Gasteiger partial charge in [-0.25, -0.2) is 4.98 Å². The first-order valence-electron chi connectivity index (χ1n) is 7.74.